The predicted molar refractivity (Wildman–Crippen MR) is 59.1 cm³/mol. The summed E-state index contributed by atoms with van der Waals surface area (Å²) in [6, 6.07) is 0. The number of hydrogen-bond acceptors (Lipinski definition) is 5. The summed E-state index contributed by atoms with van der Waals surface area (Å²) in [7, 11) is 1.76. The molecule has 0 unspecified atom stereocenters. The Kier molecular flexibility index (Phi) is 4.26. The van der Waals surface area contributed by atoms with Crippen LogP contribution in [0.2, 0.25) is 0 Å². The van der Waals surface area contributed by atoms with Gasteiger partial charge in [-0.1, -0.05) is 5.16 Å². The number of nitrogens with zero attached hydrogens (tertiary/aromatic N) is 3. The molecule has 1 N–H and O–H groups in total. The van der Waals surface area contributed by atoms with Crippen LogP contribution in [0.15, 0.2) is 4.52 Å². The highest BCUT2D eigenvalue weighted by atomic mass is 35.5. The van der Waals surface area contributed by atoms with E-state index in [0.29, 0.717) is 18.3 Å². The van der Waals surface area contributed by atoms with Crippen molar-refractivity contribution in [3.8, 4) is 0 Å². The highest BCUT2D eigenvalue weighted by Gasteiger charge is 2.27. The molecule has 1 aromatic rings. The van der Waals surface area contributed by atoms with Crippen molar-refractivity contribution in [1.82, 2.24) is 20.4 Å². The van der Waals surface area contributed by atoms with Crippen LogP contribution in [-0.2, 0) is 11.3 Å². The fourth-order valence-electron chi connectivity index (χ4n) is 1.47. The van der Waals surface area contributed by atoms with Crippen LogP contribution in [0.3, 0.4) is 0 Å². The zero-order valence-corrected chi connectivity index (χ0v) is 10.1. The molecule has 0 aromatic carbocycles. The molecule has 1 aromatic heterocycles. The van der Waals surface area contributed by atoms with Gasteiger partial charge in [-0.25, -0.2) is 0 Å². The Balaban J connectivity index is 0.00000128. The van der Waals surface area contributed by atoms with Crippen molar-refractivity contribution in [3.05, 3.63) is 11.7 Å². The highest BCUT2D eigenvalue weighted by Crippen LogP contribution is 2.09. The molecule has 0 radical (unpaired) electrons. The number of halogens is 1. The topological polar surface area (TPSA) is 71.3 Å². The molecule has 90 valence electrons. The zero-order valence-electron chi connectivity index (χ0n) is 9.27. The molecule has 0 spiro atoms. The lowest BCUT2D eigenvalue weighted by Gasteiger charge is -2.29. The van der Waals surface area contributed by atoms with E-state index in [9.17, 15) is 4.79 Å². The maximum absolute atomic E-state index is 11.7. The summed E-state index contributed by atoms with van der Waals surface area (Å²) in [6.07, 6.45) is 0. The van der Waals surface area contributed by atoms with E-state index in [0.717, 1.165) is 13.1 Å². The van der Waals surface area contributed by atoms with E-state index in [2.05, 4.69) is 15.5 Å². The second-order valence-corrected chi connectivity index (χ2v) is 3.78. The molecular formula is C9H15ClN4O2. The normalized spacial score (nSPS) is 15.1. The molecular weight excluding hydrogens is 232 g/mol. The van der Waals surface area contributed by atoms with Gasteiger partial charge in [-0.3, -0.25) is 4.79 Å². The van der Waals surface area contributed by atoms with Gasteiger partial charge in [0.25, 0.3) is 0 Å². The van der Waals surface area contributed by atoms with Crippen LogP contribution in [0.4, 0.5) is 0 Å². The maximum Gasteiger partial charge on any atom is 0.228 e. The lowest BCUT2D eigenvalue weighted by atomic mass is 10.0. The fourth-order valence-corrected chi connectivity index (χ4v) is 1.47. The summed E-state index contributed by atoms with van der Waals surface area (Å²) in [6.45, 7) is 3.68. The largest absolute Gasteiger partial charge is 0.340 e. The van der Waals surface area contributed by atoms with Crippen LogP contribution in [0.25, 0.3) is 0 Å². The van der Waals surface area contributed by atoms with Crippen molar-refractivity contribution in [3.63, 3.8) is 0 Å². The Labute approximate surface area is 99.8 Å². The van der Waals surface area contributed by atoms with Crippen LogP contribution in [0.5, 0.6) is 0 Å². The van der Waals surface area contributed by atoms with E-state index in [1.807, 2.05) is 0 Å². The lowest BCUT2D eigenvalue weighted by molar-refractivity contribution is -0.136. The van der Waals surface area contributed by atoms with Gasteiger partial charge in [0, 0.05) is 27.1 Å². The van der Waals surface area contributed by atoms with Gasteiger partial charge in [-0.05, 0) is 0 Å². The van der Waals surface area contributed by atoms with E-state index < -0.39 is 0 Å². The van der Waals surface area contributed by atoms with Crippen molar-refractivity contribution in [2.24, 2.45) is 5.92 Å². The minimum Gasteiger partial charge on any atom is -0.340 e. The van der Waals surface area contributed by atoms with Crippen molar-refractivity contribution in [2.45, 2.75) is 13.5 Å². The Morgan fingerprint density at radius 2 is 2.31 bits per heavy atom. The minimum atomic E-state index is 0. The van der Waals surface area contributed by atoms with Gasteiger partial charge in [0.05, 0.1) is 12.5 Å². The number of carbonyl (C=O) groups excluding carboxylic acids is 1. The summed E-state index contributed by atoms with van der Waals surface area (Å²) in [5.41, 5.74) is 0. The van der Waals surface area contributed by atoms with Gasteiger partial charge in [0.15, 0.2) is 5.82 Å². The minimum absolute atomic E-state index is 0. The van der Waals surface area contributed by atoms with E-state index in [1.165, 1.54) is 0 Å². The van der Waals surface area contributed by atoms with Gasteiger partial charge >= 0.3 is 0 Å². The summed E-state index contributed by atoms with van der Waals surface area (Å²) in [4.78, 5) is 17.4. The second-order valence-electron chi connectivity index (χ2n) is 3.78. The molecule has 0 bridgehead atoms. The molecule has 1 aliphatic rings. The monoisotopic (exact) mass is 246 g/mol. The molecule has 1 fully saturated rings. The molecule has 16 heavy (non-hydrogen) atoms. The van der Waals surface area contributed by atoms with Crippen LogP contribution in [-0.4, -0.2) is 41.1 Å². The smallest absolute Gasteiger partial charge is 0.228 e. The van der Waals surface area contributed by atoms with Crippen LogP contribution >= 0.6 is 12.4 Å². The maximum atomic E-state index is 11.7. The average molecular weight is 247 g/mol. The number of carbonyl (C=O) groups is 1. The molecule has 0 saturated carbocycles. The van der Waals surface area contributed by atoms with Crippen LogP contribution < -0.4 is 5.32 Å². The first-order valence-corrected chi connectivity index (χ1v) is 4.91. The van der Waals surface area contributed by atoms with Crippen molar-refractivity contribution >= 4 is 18.3 Å². The van der Waals surface area contributed by atoms with E-state index in [1.54, 1.807) is 18.9 Å². The molecule has 1 saturated heterocycles. The van der Waals surface area contributed by atoms with E-state index in [-0.39, 0.29) is 24.2 Å². The van der Waals surface area contributed by atoms with Gasteiger partial charge in [-0.15, -0.1) is 12.4 Å². The van der Waals surface area contributed by atoms with Crippen molar-refractivity contribution in [2.75, 3.05) is 20.1 Å². The Morgan fingerprint density at radius 1 is 1.62 bits per heavy atom. The molecule has 2 heterocycles. The number of nitrogens with one attached hydrogen (secondary N) is 1. The third-order valence-corrected chi connectivity index (χ3v) is 2.46. The number of hydrogen-bond donors (Lipinski definition) is 1. The van der Waals surface area contributed by atoms with Crippen molar-refractivity contribution in [1.29, 1.82) is 0 Å². The van der Waals surface area contributed by atoms with E-state index >= 15 is 0 Å². The third kappa shape index (κ3) is 2.70. The Morgan fingerprint density at radius 3 is 2.75 bits per heavy atom. The summed E-state index contributed by atoms with van der Waals surface area (Å²) in [5.74, 6) is 1.32. The first kappa shape index (κ1) is 12.9. The molecule has 6 nitrogen and oxygen atoms in total. The Bertz CT molecular complexity index is 364. The Hall–Kier alpha value is -1.14. The van der Waals surface area contributed by atoms with Gasteiger partial charge in [0.2, 0.25) is 11.8 Å². The SMILES string of the molecule is Cc1nc(CN(C)C(=O)C2CNC2)no1.Cl. The van der Waals surface area contributed by atoms with Gasteiger partial charge in [0.1, 0.15) is 0 Å². The average Bonchev–Trinajstić information content (AvgIpc) is 2.48. The quantitative estimate of drug-likeness (QED) is 0.812. The van der Waals surface area contributed by atoms with Crippen LogP contribution in [0, 0.1) is 12.8 Å². The molecule has 1 aliphatic heterocycles. The van der Waals surface area contributed by atoms with Crippen LogP contribution in [0.1, 0.15) is 11.7 Å². The number of aromatic nitrogens is 2. The fraction of sp³-hybridized carbons (Fsp3) is 0.667. The molecule has 1 amide bonds. The summed E-state index contributed by atoms with van der Waals surface area (Å²) >= 11 is 0. The number of rotatable bonds is 3. The molecule has 0 aliphatic carbocycles. The first-order valence-electron chi connectivity index (χ1n) is 4.91. The summed E-state index contributed by atoms with van der Waals surface area (Å²) < 4.78 is 4.83. The molecule has 7 heteroatoms. The number of aryl methyl sites for hydroxylation is 1. The van der Waals surface area contributed by atoms with Crippen molar-refractivity contribution < 1.29 is 9.32 Å². The standard InChI is InChI=1S/C9H14N4O2.ClH/c1-6-11-8(12-15-6)5-13(2)9(14)7-3-10-4-7;/h7,10H,3-5H2,1-2H3;1H. The molecule has 0 atom stereocenters. The first-order chi connectivity index (χ1) is 7.16. The van der Waals surface area contributed by atoms with Gasteiger partial charge in [-0.2, -0.15) is 4.98 Å². The highest BCUT2D eigenvalue weighted by molar-refractivity contribution is 5.85. The summed E-state index contributed by atoms with van der Waals surface area (Å²) in [5, 5.41) is 6.81. The second kappa shape index (κ2) is 5.27. The van der Waals surface area contributed by atoms with E-state index in [4.69, 9.17) is 4.52 Å². The third-order valence-electron chi connectivity index (χ3n) is 2.46. The molecule has 2 rings (SSSR count). The van der Waals surface area contributed by atoms with Gasteiger partial charge < -0.3 is 14.7 Å². The number of amides is 1. The zero-order chi connectivity index (χ0) is 10.8. The predicted octanol–water partition coefficient (Wildman–Crippen LogP) is -0.0224. The lowest BCUT2D eigenvalue weighted by Crippen LogP contribution is -2.51.